The molecule has 0 saturated heterocycles. The van der Waals surface area contributed by atoms with Gasteiger partial charge in [-0.15, -0.1) is 10.2 Å². The highest BCUT2D eigenvalue weighted by Crippen LogP contribution is 1.87. The Hall–Kier alpha value is -1.07. The zero-order valence-electron chi connectivity index (χ0n) is 5.36. The number of nitrogens with zero attached hydrogens (tertiary/aromatic N) is 3. The fourth-order valence-electron chi connectivity index (χ4n) is 0.514. The summed E-state index contributed by atoms with van der Waals surface area (Å²) in [5, 5.41) is 19.0. The third-order valence-electron chi connectivity index (χ3n) is 0.926. The van der Waals surface area contributed by atoms with Crippen molar-refractivity contribution in [3.63, 3.8) is 0 Å². The zero-order valence-corrected chi connectivity index (χ0v) is 5.36. The average Bonchev–Trinajstić information content (AvgIpc) is 1.91. The third kappa shape index (κ3) is 2.47. The van der Waals surface area contributed by atoms with Crippen molar-refractivity contribution in [2.24, 2.45) is 0 Å². The van der Waals surface area contributed by atoms with Gasteiger partial charge in [-0.3, -0.25) is 0 Å². The van der Waals surface area contributed by atoms with E-state index in [0.717, 1.165) is 5.69 Å². The lowest BCUT2D eigenvalue weighted by atomic mass is 10.3. The maximum Gasteiger partial charge on any atom is 0.0687 e. The van der Waals surface area contributed by atoms with Gasteiger partial charge in [0.1, 0.15) is 0 Å². The van der Waals surface area contributed by atoms with Gasteiger partial charge in [0.05, 0.1) is 11.9 Å². The van der Waals surface area contributed by atoms with Crippen LogP contribution in [-0.2, 0) is 6.42 Å². The van der Waals surface area contributed by atoms with E-state index in [1.807, 2.05) is 0 Å². The summed E-state index contributed by atoms with van der Waals surface area (Å²) in [6, 6.07) is 1.73. The van der Waals surface area contributed by atoms with Crippen molar-refractivity contribution in [3.05, 3.63) is 18.0 Å². The Morgan fingerprint density at radius 1 is 1.50 bits per heavy atom. The molecule has 56 valence electrons. The van der Waals surface area contributed by atoms with E-state index < -0.39 is 0 Å². The summed E-state index contributed by atoms with van der Waals surface area (Å²) < 4.78 is 0. The highest BCUT2D eigenvalue weighted by atomic mass is 16.3. The Kier molecular flexibility index (Phi) is 4.26. The van der Waals surface area contributed by atoms with Gasteiger partial charge in [0.25, 0.3) is 0 Å². The molecule has 0 unspecified atom stereocenters. The van der Waals surface area contributed by atoms with E-state index in [9.17, 15) is 0 Å². The molecule has 1 heterocycles. The van der Waals surface area contributed by atoms with Gasteiger partial charge in [-0.25, -0.2) is 0 Å². The van der Waals surface area contributed by atoms with Crippen LogP contribution in [0.1, 0.15) is 5.69 Å². The molecule has 3 N–H and O–H groups in total. The normalized spacial score (nSPS) is 8.50. The lowest BCUT2D eigenvalue weighted by molar-refractivity contribution is 0.297. The van der Waals surface area contributed by atoms with Crippen LogP contribution in [-0.4, -0.2) is 32.6 Å². The quantitative estimate of drug-likeness (QED) is 0.550. The van der Waals surface area contributed by atoms with Crippen LogP contribution in [0.3, 0.4) is 0 Å². The molecule has 0 amide bonds. The van der Waals surface area contributed by atoms with Crippen molar-refractivity contribution in [2.45, 2.75) is 6.42 Å². The first-order chi connectivity index (χ1) is 4.43. The first kappa shape index (κ1) is 8.93. The Labute approximate surface area is 58.0 Å². The molecule has 0 fully saturated rings. The number of aliphatic hydroxyl groups is 1. The van der Waals surface area contributed by atoms with E-state index in [-0.39, 0.29) is 12.1 Å². The van der Waals surface area contributed by atoms with E-state index in [1.165, 1.54) is 0 Å². The van der Waals surface area contributed by atoms with Gasteiger partial charge in [-0.2, -0.15) is 0 Å². The van der Waals surface area contributed by atoms with Crippen molar-refractivity contribution in [2.75, 3.05) is 6.61 Å². The van der Waals surface area contributed by atoms with Crippen LogP contribution in [0, 0.1) is 0 Å². The molecule has 1 rings (SSSR count). The predicted molar refractivity (Wildman–Crippen MR) is 34.2 cm³/mol. The van der Waals surface area contributed by atoms with Gasteiger partial charge in [-0.1, -0.05) is 0 Å². The molecule has 0 radical (unpaired) electrons. The fourth-order valence-corrected chi connectivity index (χ4v) is 0.514. The Balaban J connectivity index is 0.000000810. The lowest BCUT2D eigenvalue weighted by Crippen LogP contribution is -1.96. The molecule has 0 aliphatic heterocycles. The smallest absolute Gasteiger partial charge is 0.0687 e. The van der Waals surface area contributed by atoms with Gasteiger partial charge in [-0.05, 0) is 11.3 Å². The Bertz CT molecular complexity index is 168. The monoisotopic (exact) mass is 143 g/mol. The number of rotatable bonds is 2. The molecular weight excluding hydrogens is 134 g/mol. The number of hydrogen-bond acceptors (Lipinski definition) is 4. The second kappa shape index (κ2) is 4.78. The minimum Gasteiger partial charge on any atom is -0.412 e. The maximum absolute atomic E-state index is 8.43. The summed E-state index contributed by atoms with van der Waals surface area (Å²) in [5.74, 6) is 0. The van der Waals surface area contributed by atoms with Gasteiger partial charge >= 0.3 is 0 Å². The molecule has 0 bridgehead atoms. The molecule has 0 atom stereocenters. The standard InChI is InChI=1S/C5H7N3O.H2O/c9-4-2-5-1-3-6-8-7-5;/h1,3,9H,2,4H2;1H2. The predicted octanol–water partition coefficient (Wildman–Crippen LogP) is -1.42. The van der Waals surface area contributed by atoms with Gasteiger partial charge in [0.15, 0.2) is 0 Å². The molecular formula is C5H9N3O2. The molecule has 0 saturated carbocycles. The molecule has 0 aliphatic rings. The van der Waals surface area contributed by atoms with E-state index in [4.69, 9.17) is 5.11 Å². The van der Waals surface area contributed by atoms with Crippen molar-refractivity contribution in [1.29, 1.82) is 0 Å². The number of aliphatic hydroxyl groups excluding tert-OH is 1. The van der Waals surface area contributed by atoms with E-state index in [0.29, 0.717) is 6.42 Å². The van der Waals surface area contributed by atoms with Crippen LogP contribution in [0.15, 0.2) is 12.3 Å². The zero-order chi connectivity index (χ0) is 6.53. The summed E-state index contributed by atoms with van der Waals surface area (Å²) in [6.07, 6.45) is 2.10. The number of aromatic nitrogens is 3. The van der Waals surface area contributed by atoms with E-state index >= 15 is 0 Å². The van der Waals surface area contributed by atoms with Crippen LogP contribution >= 0.6 is 0 Å². The van der Waals surface area contributed by atoms with Gasteiger partial charge < -0.3 is 10.6 Å². The number of hydrogen-bond donors (Lipinski definition) is 1. The Morgan fingerprint density at radius 2 is 2.30 bits per heavy atom. The van der Waals surface area contributed by atoms with Crippen molar-refractivity contribution in [1.82, 2.24) is 15.4 Å². The largest absolute Gasteiger partial charge is 0.412 e. The van der Waals surface area contributed by atoms with Crippen LogP contribution in [0.5, 0.6) is 0 Å². The minimum absolute atomic E-state index is 0. The van der Waals surface area contributed by atoms with Crippen molar-refractivity contribution in [3.8, 4) is 0 Å². The van der Waals surface area contributed by atoms with Crippen molar-refractivity contribution >= 4 is 0 Å². The highest BCUT2D eigenvalue weighted by molar-refractivity contribution is 4.94. The summed E-state index contributed by atoms with van der Waals surface area (Å²) >= 11 is 0. The SMILES string of the molecule is O.OCCc1ccnnn1. The maximum atomic E-state index is 8.43. The van der Waals surface area contributed by atoms with Crippen LogP contribution < -0.4 is 0 Å². The van der Waals surface area contributed by atoms with Gasteiger partial charge in [0.2, 0.25) is 0 Å². The van der Waals surface area contributed by atoms with Crippen LogP contribution in [0.25, 0.3) is 0 Å². The van der Waals surface area contributed by atoms with Crippen LogP contribution in [0.2, 0.25) is 0 Å². The third-order valence-corrected chi connectivity index (χ3v) is 0.926. The highest BCUT2D eigenvalue weighted by Gasteiger charge is 1.89. The lowest BCUT2D eigenvalue weighted by Gasteiger charge is -1.90. The van der Waals surface area contributed by atoms with E-state index in [2.05, 4.69) is 15.4 Å². The second-order valence-electron chi connectivity index (χ2n) is 1.59. The van der Waals surface area contributed by atoms with Crippen LogP contribution in [0.4, 0.5) is 0 Å². The summed E-state index contributed by atoms with van der Waals surface area (Å²) in [5.41, 5.74) is 0.771. The molecule has 5 heteroatoms. The average molecular weight is 143 g/mol. The fraction of sp³-hybridized carbons (Fsp3) is 0.400. The molecule has 10 heavy (non-hydrogen) atoms. The Morgan fingerprint density at radius 3 is 2.80 bits per heavy atom. The minimum atomic E-state index is 0. The molecule has 0 aromatic carbocycles. The summed E-state index contributed by atoms with van der Waals surface area (Å²) in [6.45, 7) is 0.110. The van der Waals surface area contributed by atoms with Crippen molar-refractivity contribution < 1.29 is 10.6 Å². The molecule has 0 aliphatic carbocycles. The first-order valence-electron chi connectivity index (χ1n) is 2.67. The van der Waals surface area contributed by atoms with Gasteiger partial charge in [0, 0.05) is 13.0 Å². The van der Waals surface area contributed by atoms with E-state index in [1.54, 1.807) is 12.3 Å². The summed E-state index contributed by atoms with van der Waals surface area (Å²) in [4.78, 5) is 0. The topological polar surface area (TPSA) is 90.4 Å². The molecule has 1 aromatic heterocycles. The molecule has 0 spiro atoms. The second-order valence-corrected chi connectivity index (χ2v) is 1.59. The molecule has 1 aromatic rings. The first-order valence-corrected chi connectivity index (χ1v) is 2.67. The molecule has 5 nitrogen and oxygen atoms in total. The summed E-state index contributed by atoms with van der Waals surface area (Å²) in [7, 11) is 0.